The highest BCUT2D eigenvalue weighted by atomic mass is 16.5. The van der Waals surface area contributed by atoms with E-state index in [1.165, 1.54) is 0 Å². The largest absolute Gasteiger partial charge is 0.497 e. The lowest BCUT2D eigenvalue weighted by atomic mass is 10.2. The number of hydrogen-bond donors (Lipinski definition) is 4. The summed E-state index contributed by atoms with van der Waals surface area (Å²) >= 11 is 0. The molecule has 34 heavy (non-hydrogen) atoms. The van der Waals surface area contributed by atoms with Gasteiger partial charge in [-0.05, 0) is 36.8 Å². The molecular weight excluding hydrogens is 436 g/mol. The van der Waals surface area contributed by atoms with Gasteiger partial charge < -0.3 is 31.4 Å². The number of fused-ring (bicyclic) bond motifs is 1. The Labute approximate surface area is 195 Å². The molecule has 0 bridgehead atoms. The molecule has 0 unspecified atom stereocenters. The van der Waals surface area contributed by atoms with Crippen molar-refractivity contribution in [2.75, 3.05) is 17.7 Å². The molecular formula is C23H24N8O3. The van der Waals surface area contributed by atoms with Gasteiger partial charge >= 0.3 is 0 Å². The minimum absolute atomic E-state index is 0.0410. The van der Waals surface area contributed by atoms with E-state index in [2.05, 4.69) is 25.8 Å². The minimum atomic E-state index is -0.794. The smallest absolute Gasteiger partial charge is 0.273 e. The number of primary amides is 2. The Kier molecular flexibility index (Phi) is 6.26. The molecule has 1 atom stereocenters. The Bertz CT molecular complexity index is 1370. The number of aromatic nitrogens is 4. The van der Waals surface area contributed by atoms with Crippen molar-refractivity contribution in [2.24, 2.45) is 11.5 Å². The fourth-order valence-corrected chi connectivity index (χ4v) is 3.56. The van der Waals surface area contributed by atoms with Gasteiger partial charge in [0.1, 0.15) is 11.8 Å². The van der Waals surface area contributed by atoms with Gasteiger partial charge in [-0.25, -0.2) is 0 Å². The van der Waals surface area contributed by atoms with Gasteiger partial charge in [0.25, 0.3) is 5.91 Å². The molecule has 0 saturated heterocycles. The lowest BCUT2D eigenvalue weighted by molar-refractivity contribution is -0.118. The van der Waals surface area contributed by atoms with Gasteiger partial charge in [-0.1, -0.05) is 19.1 Å². The summed E-state index contributed by atoms with van der Waals surface area (Å²) in [5, 5.41) is 14.6. The third-order valence-corrected chi connectivity index (χ3v) is 5.29. The van der Waals surface area contributed by atoms with Crippen LogP contribution in [0.1, 0.15) is 23.8 Å². The fraction of sp³-hybridized carbons (Fsp3) is 0.174. The van der Waals surface area contributed by atoms with E-state index in [-0.39, 0.29) is 17.5 Å². The summed E-state index contributed by atoms with van der Waals surface area (Å²) in [6.07, 6.45) is 2.36. The van der Waals surface area contributed by atoms with Gasteiger partial charge in [-0.15, -0.1) is 10.2 Å². The van der Waals surface area contributed by atoms with Crippen molar-refractivity contribution in [3.8, 4) is 11.4 Å². The maximum Gasteiger partial charge on any atom is 0.273 e. The maximum atomic E-state index is 12.0. The first-order chi connectivity index (χ1) is 16.4. The van der Waals surface area contributed by atoms with Gasteiger partial charge in [0.15, 0.2) is 11.5 Å². The number of carbonyl (C=O) groups is 2. The number of methoxy groups -OCH3 is 1. The number of rotatable bonds is 9. The minimum Gasteiger partial charge on any atom is -0.497 e. The molecule has 174 valence electrons. The van der Waals surface area contributed by atoms with E-state index in [4.69, 9.17) is 16.2 Å². The van der Waals surface area contributed by atoms with Gasteiger partial charge in [0, 0.05) is 29.0 Å². The first kappa shape index (κ1) is 22.5. The van der Waals surface area contributed by atoms with Crippen molar-refractivity contribution in [1.82, 2.24) is 19.7 Å². The molecule has 2 heterocycles. The zero-order valence-corrected chi connectivity index (χ0v) is 18.6. The summed E-state index contributed by atoms with van der Waals surface area (Å²) < 4.78 is 7.36. The van der Waals surface area contributed by atoms with Crippen molar-refractivity contribution in [3.05, 3.63) is 60.4 Å². The molecule has 0 fully saturated rings. The summed E-state index contributed by atoms with van der Waals surface area (Å²) in [5.41, 5.74) is 13.3. The number of benzene rings is 2. The monoisotopic (exact) mass is 460 g/mol. The highest BCUT2D eigenvalue weighted by molar-refractivity contribution is 5.99. The second-order valence-electron chi connectivity index (χ2n) is 7.46. The Morgan fingerprint density at radius 1 is 1.12 bits per heavy atom. The Morgan fingerprint density at radius 3 is 2.62 bits per heavy atom. The maximum absolute atomic E-state index is 12.0. The lowest BCUT2D eigenvalue weighted by Gasteiger charge is -2.15. The molecule has 0 saturated carbocycles. The SMILES string of the molecule is CC[C@@H](Nc1nnc(C(N)=O)c(Nc2cccc3c2ccn3-c2cccc(OC)c2)n1)C(N)=O. The third kappa shape index (κ3) is 4.44. The Balaban J connectivity index is 1.73. The van der Waals surface area contributed by atoms with Crippen LogP contribution in [-0.4, -0.2) is 44.7 Å². The van der Waals surface area contributed by atoms with Crippen LogP contribution >= 0.6 is 0 Å². The second kappa shape index (κ2) is 9.45. The molecule has 0 spiro atoms. The van der Waals surface area contributed by atoms with Crippen LogP contribution in [0.3, 0.4) is 0 Å². The molecule has 0 aliphatic carbocycles. The second-order valence-corrected chi connectivity index (χ2v) is 7.46. The highest BCUT2D eigenvalue weighted by Crippen LogP contribution is 2.30. The van der Waals surface area contributed by atoms with Crippen molar-refractivity contribution >= 4 is 40.2 Å². The van der Waals surface area contributed by atoms with E-state index >= 15 is 0 Å². The topological polar surface area (TPSA) is 163 Å². The number of carbonyl (C=O) groups excluding carboxylic acids is 2. The summed E-state index contributed by atoms with van der Waals surface area (Å²) in [6, 6.07) is 14.6. The Hall–Kier alpha value is -4.67. The average Bonchev–Trinajstić information content (AvgIpc) is 3.27. The number of nitrogens with zero attached hydrogens (tertiary/aromatic N) is 4. The van der Waals surface area contributed by atoms with E-state index in [0.29, 0.717) is 12.1 Å². The molecule has 11 nitrogen and oxygen atoms in total. The van der Waals surface area contributed by atoms with E-state index in [9.17, 15) is 9.59 Å². The van der Waals surface area contributed by atoms with E-state index in [0.717, 1.165) is 22.3 Å². The van der Waals surface area contributed by atoms with Crippen LogP contribution < -0.4 is 26.8 Å². The number of hydrogen-bond acceptors (Lipinski definition) is 8. The van der Waals surface area contributed by atoms with Crippen LogP contribution in [0.15, 0.2) is 54.7 Å². The summed E-state index contributed by atoms with van der Waals surface area (Å²) in [4.78, 5) is 27.9. The van der Waals surface area contributed by atoms with Crippen LogP contribution in [0.25, 0.3) is 16.6 Å². The number of ether oxygens (including phenoxy) is 1. The first-order valence-corrected chi connectivity index (χ1v) is 10.5. The third-order valence-electron chi connectivity index (χ3n) is 5.29. The number of nitrogens with one attached hydrogen (secondary N) is 2. The zero-order chi connectivity index (χ0) is 24.2. The summed E-state index contributed by atoms with van der Waals surface area (Å²) in [6.45, 7) is 1.79. The number of nitrogens with two attached hydrogens (primary N) is 2. The van der Waals surface area contributed by atoms with Crippen molar-refractivity contribution in [2.45, 2.75) is 19.4 Å². The summed E-state index contributed by atoms with van der Waals surface area (Å²) in [5.74, 6) is -0.459. The van der Waals surface area contributed by atoms with Crippen molar-refractivity contribution < 1.29 is 14.3 Å². The van der Waals surface area contributed by atoms with Crippen LogP contribution in [-0.2, 0) is 4.79 Å². The molecule has 6 N–H and O–H groups in total. The lowest BCUT2D eigenvalue weighted by Crippen LogP contribution is -2.35. The van der Waals surface area contributed by atoms with E-state index in [1.807, 2.05) is 59.3 Å². The van der Waals surface area contributed by atoms with Crippen LogP contribution in [0.4, 0.5) is 17.5 Å². The first-order valence-electron chi connectivity index (χ1n) is 10.5. The molecule has 0 radical (unpaired) electrons. The van der Waals surface area contributed by atoms with Crippen molar-refractivity contribution in [3.63, 3.8) is 0 Å². The molecule has 2 aromatic carbocycles. The van der Waals surface area contributed by atoms with Gasteiger partial charge in [-0.3, -0.25) is 9.59 Å². The molecule has 4 rings (SSSR count). The normalized spacial score (nSPS) is 11.7. The predicted octanol–water partition coefficient (Wildman–Crippen LogP) is 2.34. The summed E-state index contributed by atoms with van der Waals surface area (Å²) in [7, 11) is 1.62. The standard InChI is InChI=1S/C23H24N8O3/c1-3-16(20(24)32)27-23-28-22(19(21(25)33)29-30-23)26-17-8-5-9-18-15(17)10-11-31(18)13-6-4-7-14(12-13)34-2/h4-12,16H,3H2,1-2H3,(H2,24,32)(H2,25,33)(H2,26,27,28,30)/t16-/m1/s1. The molecule has 11 heteroatoms. The van der Waals surface area contributed by atoms with Gasteiger partial charge in [-0.2, -0.15) is 4.98 Å². The number of anilines is 3. The van der Waals surface area contributed by atoms with E-state index in [1.54, 1.807) is 14.0 Å². The number of amides is 2. The van der Waals surface area contributed by atoms with Gasteiger partial charge in [0.05, 0.1) is 12.6 Å². The molecule has 2 amide bonds. The quantitative estimate of drug-likeness (QED) is 0.296. The van der Waals surface area contributed by atoms with Crippen LogP contribution in [0.2, 0.25) is 0 Å². The molecule has 2 aromatic heterocycles. The molecule has 0 aliphatic rings. The predicted molar refractivity (Wildman–Crippen MR) is 128 cm³/mol. The Morgan fingerprint density at radius 2 is 1.91 bits per heavy atom. The average molecular weight is 460 g/mol. The highest BCUT2D eigenvalue weighted by Gasteiger charge is 2.19. The fourth-order valence-electron chi connectivity index (χ4n) is 3.56. The van der Waals surface area contributed by atoms with Crippen LogP contribution in [0, 0.1) is 0 Å². The zero-order valence-electron chi connectivity index (χ0n) is 18.6. The van der Waals surface area contributed by atoms with Crippen molar-refractivity contribution in [1.29, 1.82) is 0 Å². The van der Waals surface area contributed by atoms with Crippen LogP contribution in [0.5, 0.6) is 5.75 Å². The van der Waals surface area contributed by atoms with E-state index < -0.39 is 17.9 Å². The molecule has 4 aromatic rings. The van der Waals surface area contributed by atoms with Gasteiger partial charge in [0.2, 0.25) is 11.9 Å². The molecule has 0 aliphatic heterocycles.